The molecule has 0 aliphatic heterocycles. The molecule has 1 aromatic rings. The van der Waals surface area contributed by atoms with E-state index in [1.807, 2.05) is 30.3 Å². The van der Waals surface area contributed by atoms with Crippen molar-refractivity contribution in [2.24, 2.45) is 0 Å². The van der Waals surface area contributed by atoms with Crippen LogP contribution in [0.2, 0.25) is 0 Å². The van der Waals surface area contributed by atoms with E-state index in [1.165, 1.54) is 11.6 Å². The molecule has 1 N–H and O–H groups in total. The molecule has 0 bridgehead atoms. The third-order valence-electron chi connectivity index (χ3n) is 1.74. The third-order valence-corrected chi connectivity index (χ3v) is 1.74. The molecule has 0 spiro atoms. The summed E-state index contributed by atoms with van der Waals surface area (Å²) in [5.41, 5.74) is 1.23. The quantitative estimate of drug-likeness (QED) is 0.691. The predicted molar refractivity (Wildman–Crippen MR) is 53.4 cm³/mol. The third kappa shape index (κ3) is 3.56. The van der Waals surface area contributed by atoms with Crippen LogP contribution in [-0.2, 0) is 11.2 Å². The maximum absolute atomic E-state index is 10.8. The first kappa shape index (κ1) is 9.52. The van der Waals surface area contributed by atoms with Gasteiger partial charge in [-0.1, -0.05) is 36.9 Å². The Morgan fingerprint density at radius 2 is 2.08 bits per heavy atom. The molecule has 0 radical (unpaired) electrons. The Kier molecular flexibility index (Phi) is 3.76. The zero-order valence-corrected chi connectivity index (χ0v) is 7.49. The van der Waals surface area contributed by atoms with Gasteiger partial charge in [-0.05, 0) is 18.1 Å². The Bertz CT molecular complexity index is 279. The number of amides is 1. The fraction of sp³-hybridized carbons (Fsp3) is 0.182. The van der Waals surface area contributed by atoms with Crippen LogP contribution in [0.1, 0.15) is 5.56 Å². The number of nitrogens with one attached hydrogen (secondary N) is 1. The van der Waals surface area contributed by atoms with E-state index in [4.69, 9.17) is 0 Å². The second kappa shape index (κ2) is 5.14. The first-order valence-corrected chi connectivity index (χ1v) is 4.27. The molecule has 0 atom stereocenters. The van der Waals surface area contributed by atoms with E-state index in [-0.39, 0.29) is 5.91 Å². The molecule has 68 valence electrons. The lowest BCUT2D eigenvalue weighted by Gasteiger charge is -2.01. The zero-order chi connectivity index (χ0) is 9.52. The minimum Gasteiger partial charge on any atom is -0.352 e. The van der Waals surface area contributed by atoms with Gasteiger partial charge in [0.15, 0.2) is 0 Å². The minimum absolute atomic E-state index is 0.115. The van der Waals surface area contributed by atoms with E-state index in [9.17, 15) is 4.79 Å². The summed E-state index contributed by atoms with van der Waals surface area (Å²) >= 11 is 0. The van der Waals surface area contributed by atoms with Crippen LogP contribution in [0.3, 0.4) is 0 Å². The molecule has 0 aliphatic rings. The lowest BCUT2D eigenvalue weighted by molar-refractivity contribution is -0.116. The number of carbonyl (C=O) groups excluding carboxylic acids is 1. The van der Waals surface area contributed by atoms with Crippen molar-refractivity contribution in [2.75, 3.05) is 6.54 Å². The second-order valence-corrected chi connectivity index (χ2v) is 2.73. The van der Waals surface area contributed by atoms with Gasteiger partial charge in [-0.3, -0.25) is 4.79 Å². The van der Waals surface area contributed by atoms with Crippen molar-refractivity contribution in [3.05, 3.63) is 48.6 Å². The fourth-order valence-electron chi connectivity index (χ4n) is 1.05. The van der Waals surface area contributed by atoms with Gasteiger partial charge in [0, 0.05) is 6.54 Å². The standard InChI is InChI=1S/C11H13NO/c1-2-11(13)12-9-8-10-6-4-3-5-7-10/h2-7H,1,8-9H2,(H,12,13). The Morgan fingerprint density at radius 1 is 1.38 bits per heavy atom. The summed E-state index contributed by atoms with van der Waals surface area (Å²) < 4.78 is 0. The van der Waals surface area contributed by atoms with E-state index in [2.05, 4.69) is 11.9 Å². The first-order chi connectivity index (χ1) is 6.33. The molecule has 0 aliphatic carbocycles. The van der Waals surface area contributed by atoms with Crippen LogP contribution < -0.4 is 5.32 Å². The Hall–Kier alpha value is -1.57. The van der Waals surface area contributed by atoms with E-state index < -0.39 is 0 Å². The number of hydrogen-bond donors (Lipinski definition) is 1. The molecule has 1 rings (SSSR count). The Labute approximate surface area is 78.3 Å². The SMILES string of the molecule is C=CC(=O)NCCc1ccccc1. The fourth-order valence-corrected chi connectivity index (χ4v) is 1.05. The van der Waals surface area contributed by atoms with E-state index in [1.54, 1.807) is 0 Å². The molecule has 0 aromatic heterocycles. The molecule has 1 aromatic carbocycles. The molecule has 0 heterocycles. The van der Waals surface area contributed by atoms with Crippen LogP contribution in [0.5, 0.6) is 0 Å². The maximum Gasteiger partial charge on any atom is 0.243 e. The van der Waals surface area contributed by atoms with E-state index >= 15 is 0 Å². The van der Waals surface area contributed by atoms with Crippen molar-refractivity contribution in [2.45, 2.75) is 6.42 Å². The van der Waals surface area contributed by atoms with Crippen molar-refractivity contribution in [3.8, 4) is 0 Å². The average Bonchev–Trinajstić information content (AvgIpc) is 2.19. The average molecular weight is 175 g/mol. The highest BCUT2D eigenvalue weighted by Crippen LogP contribution is 1.97. The molecular formula is C11H13NO. The predicted octanol–water partition coefficient (Wildman–Crippen LogP) is 1.53. The van der Waals surface area contributed by atoms with Crippen molar-refractivity contribution >= 4 is 5.91 Å². The molecule has 2 nitrogen and oxygen atoms in total. The van der Waals surface area contributed by atoms with Gasteiger partial charge in [-0.15, -0.1) is 0 Å². The summed E-state index contributed by atoms with van der Waals surface area (Å²) in [7, 11) is 0. The molecule has 0 unspecified atom stereocenters. The van der Waals surface area contributed by atoms with Gasteiger partial charge < -0.3 is 5.32 Å². The maximum atomic E-state index is 10.8. The molecule has 1 amide bonds. The number of carbonyl (C=O) groups is 1. The Morgan fingerprint density at radius 3 is 2.69 bits per heavy atom. The van der Waals surface area contributed by atoms with Crippen LogP contribution in [-0.4, -0.2) is 12.5 Å². The van der Waals surface area contributed by atoms with E-state index in [0.717, 1.165) is 6.42 Å². The van der Waals surface area contributed by atoms with Crippen LogP contribution in [0.15, 0.2) is 43.0 Å². The molecule has 0 fully saturated rings. The molecule has 0 saturated carbocycles. The molecule has 0 saturated heterocycles. The molecular weight excluding hydrogens is 162 g/mol. The largest absolute Gasteiger partial charge is 0.352 e. The highest BCUT2D eigenvalue weighted by atomic mass is 16.1. The Balaban J connectivity index is 2.28. The van der Waals surface area contributed by atoms with Crippen molar-refractivity contribution in [1.82, 2.24) is 5.32 Å². The number of rotatable bonds is 4. The topological polar surface area (TPSA) is 29.1 Å². The minimum atomic E-state index is -0.115. The van der Waals surface area contributed by atoms with Gasteiger partial charge >= 0.3 is 0 Å². The van der Waals surface area contributed by atoms with Gasteiger partial charge in [0.1, 0.15) is 0 Å². The zero-order valence-electron chi connectivity index (χ0n) is 7.49. The molecule has 2 heteroatoms. The molecule has 13 heavy (non-hydrogen) atoms. The monoisotopic (exact) mass is 175 g/mol. The van der Waals surface area contributed by atoms with Gasteiger partial charge in [-0.25, -0.2) is 0 Å². The smallest absolute Gasteiger partial charge is 0.243 e. The first-order valence-electron chi connectivity index (χ1n) is 4.27. The normalized spacial score (nSPS) is 9.23. The summed E-state index contributed by atoms with van der Waals surface area (Å²) in [4.78, 5) is 10.8. The van der Waals surface area contributed by atoms with Crippen molar-refractivity contribution in [3.63, 3.8) is 0 Å². The highest BCUT2D eigenvalue weighted by molar-refractivity contribution is 5.86. The highest BCUT2D eigenvalue weighted by Gasteiger charge is 1.93. The van der Waals surface area contributed by atoms with Crippen molar-refractivity contribution in [1.29, 1.82) is 0 Å². The lowest BCUT2D eigenvalue weighted by atomic mass is 10.1. The van der Waals surface area contributed by atoms with Gasteiger partial charge in [0.05, 0.1) is 0 Å². The summed E-state index contributed by atoms with van der Waals surface area (Å²) in [6.07, 6.45) is 2.14. The van der Waals surface area contributed by atoms with Gasteiger partial charge in [0.2, 0.25) is 5.91 Å². The number of benzene rings is 1. The lowest BCUT2D eigenvalue weighted by Crippen LogP contribution is -2.23. The van der Waals surface area contributed by atoms with Gasteiger partial charge in [-0.2, -0.15) is 0 Å². The summed E-state index contributed by atoms with van der Waals surface area (Å²) in [5, 5.41) is 2.72. The number of hydrogen-bond acceptors (Lipinski definition) is 1. The summed E-state index contributed by atoms with van der Waals surface area (Å²) in [6, 6.07) is 10.0. The van der Waals surface area contributed by atoms with E-state index in [0.29, 0.717) is 6.54 Å². The van der Waals surface area contributed by atoms with Crippen LogP contribution >= 0.6 is 0 Å². The van der Waals surface area contributed by atoms with Crippen LogP contribution in [0, 0.1) is 0 Å². The van der Waals surface area contributed by atoms with Crippen molar-refractivity contribution < 1.29 is 4.79 Å². The van der Waals surface area contributed by atoms with Crippen LogP contribution in [0.25, 0.3) is 0 Å². The van der Waals surface area contributed by atoms with Gasteiger partial charge in [0.25, 0.3) is 0 Å². The second-order valence-electron chi connectivity index (χ2n) is 2.73. The summed E-state index contributed by atoms with van der Waals surface area (Å²) in [6.45, 7) is 4.04. The van der Waals surface area contributed by atoms with Crippen LogP contribution in [0.4, 0.5) is 0 Å². The summed E-state index contributed by atoms with van der Waals surface area (Å²) in [5.74, 6) is -0.115.